The Hall–Kier alpha value is -1.69. The Morgan fingerprint density at radius 3 is 2.84 bits per heavy atom. The lowest BCUT2D eigenvalue weighted by molar-refractivity contribution is 0.545. The van der Waals surface area contributed by atoms with Gasteiger partial charge in [0.2, 0.25) is 0 Å². The zero-order valence-corrected chi connectivity index (χ0v) is 11.9. The topological polar surface area (TPSA) is 63.8 Å². The third kappa shape index (κ3) is 3.01. The lowest BCUT2D eigenvalue weighted by atomic mass is 10.2. The van der Waals surface area contributed by atoms with Crippen molar-refractivity contribution in [2.45, 2.75) is 39.7 Å². The van der Waals surface area contributed by atoms with E-state index in [1.807, 2.05) is 13.0 Å². The smallest absolute Gasteiger partial charge is 0.284 e. The molecule has 102 valence electrons. The molecule has 6 heteroatoms. The number of hydrogen-bond acceptors (Lipinski definition) is 4. The Morgan fingerprint density at radius 2 is 2.21 bits per heavy atom. The van der Waals surface area contributed by atoms with Crippen LogP contribution in [-0.4, -0.2) is 14.8 Å². The lowest BCUT2D eigenvalue weighted by Crippen LogP contribution is -2.23. The monoisotopic (exact) mass is 279 g/mol. The van der Waals surface area contributed by atoms with E-state index in [1.165, 1.54) is 0 Å². The van der Waals surface area contributed by atoms with E-state index >= 15 is 0 Å². The first-order chi connectivity index (χ1) is 9.13. The van der Waals surface area contributed by atoms with Crippen molar-refractivity contribution in [2.24, 2.45) is 0 Å². The SMILES string of the molecule is CCCCCn1c(C)ccc(-c2n[nH]c(=S)o2)c1=O. The van der Waals surface area contributed by atoms with E-state index in [4.69, 9.17) is 16.6 Å². The summed E-state index contributed by atoms with van der Waals surface area (Å²) >= 11 is 4.83. The number of nitrogens with one attached hydrogen (secondary N) is 1. The molecule has 0 saturated heterocycles. The van der Waals surface area contributed by atoms with Gasteiger partial charge in [0, 0.05) is 12.2 Å². The summed E-state index contributed by atoms with van der Waals surface area (Å²) in [5.41, 5.74) is 1.30. The largest absolute Gasteiger partial charge is 0.409 e. The van der Waals surface area contributed by atoms with Gasteiger partial charge in [-0.15, -0.1) is 5.10 Å². The van der Waals surface area contributed by atoms with E-state index in [1.54, 1.807) is 10.6 Å². The second-order valence-electron chi connectivity index (χ2n) is 4.47. The maximum Gasteiger partial charge on any atom is 0.284 e. The van der Waals surface area contributed by atoms with Crippen molar-refractivity contribution in [3.63, 3.8) is 0 Å². The highest BCUT2D eigenvalue weighted by atomic mass is 32.1. The van der Waals surface area contributed by atoms with Gasteiger partial charge < -0.3 is 8.98 Å². The van der Waals surface area contributed by atoms with Crippen LogP contribution < -0.4 is 5.56 Å². The molecule has 0 aliphatic heterocycles. The third-order valence-corrected chi connectivity index (χ3v) is 3.22. The van der Waals surface area contributed by atoms with Gasteiger partial charge in [-0.3, -0.25) is 4.79 Å². The van der Waals surface area contributed by atoms with Crippen LogP contribution in [0.2, 0.25) is 0 Å². The van der Waals surface area contributed by atoms with Crippen molar-refractivity contribution in [1.29, 1.82) is 0 Å². The molecule has 0 amide bonds. The molecule has 0 aliphatic carbocycles. The molecule has 0 saturated carbocycles. The minimum atomic E-state index is -0.0821. The van der Waals surface area contributed by atoms with Crippen LogP contribution in [-0.2, 0) is 6.54 Å². The highest BCUT2D eigenvalue weighted by molar-refractivity contribution is 7.71. The first kappa shape index (κ1) is 13.7. The molecule has 0 spiro atoms. The Kier molecular flexibility index (Phi) is 4.31. The number of pyridine rings is 1. The fraction of sp³-hybridized carbons (Fsp3) is 0.462. The van der Waals surface area contributed by atoms with E-state index in [2.05, 4.69) is 17.1 Å². The molecule has 0 aliphatic rings. The lowest BCUT2D eigenvalue weighted by Gasteiger charge is -2.10. The fourth-order valence-electron chi connectivity index (χ4n) is 1.98. The van der Waals surface area contributed by atoms with E-state index in [9.17, 15) is 4.79 Å². The molecule has 19 heavy (non-hydrogen) atoms. The molecule has 5 nitrogen and oxygen atoms in total. The average Bonchev–Trinajstić information content (AvgIpc) is 2.80. The predicted octanol–water partition coefficient (Wildman–Crippen LogP) is 3.06. The summed E-state index contributed by atoms with van der Waals surface area (Å²) in [4.78, 5) is 12.6. The van der Waals surface area contributed by atoms with Gasteiger partial charge in [0.15, 0.2) is 0 Å². The number of aromatic amines is 1. The van der Waals surface area contributed by atoms with Crippen molar-refractivity contribution in [1.82, 2.24) is 14.8 Å². The van der Waals surface area contributed by atoms with Gasteiger partial charge >= 0.3 is 0 Å². The Bertz CT molecular complexity index is 669. The van der Waals surface area contributed by atoms with Gasteiger partial charge in [0.05, 0.1) is 0 Å². The standard InChI is InChI=1S/C13H17N3O2S/c1-3-4-5-8-16-9(2)6-7-10(12(16)17)11-14-15-13(19)18-11/h6-7H,3-5,8H2,1-2H3,(H,15,19). The summed E-state index contributed by atoms with van der Waals surface area (Å²) in [6.07, 6.45) is 3.23. The first-order valence-electron chi connectivity index (χ1n) is 6.39. The Morgan fingerprint density at radius 1 is 1.42 bits per heavy atom. The minimum absolute atomic E-state index is 0.0821. The molecular formula is C13H17N3O2S. The Balaban J connectivity index is 2.39. The van der Waals surface area contributed by atoms with Crippen LogP contribution in [0.1, 0.15) is 31.9 Å². The number of nitrogens with zero attached hydrogens (tertiary/aromatic N) is 2. The number of unbranched alkanes of at least 4 members (excludes halogenated alkanes) is 2. The molecule has 1 N–H and O–H groups in total. The molecule has 0 atom stereocenters. The average molecular weight is 279 g/mol. The van der Waals surface area contributed by atoms with Crippen molar-refractivity contribution in [3.8, 4) is 11.5 Å². The van der Waals surface area contributed by atoms with Gasteiger partial charge in [-0.1, -0.05) is 19.8 Å². The first-order valence-corrected chi connectivity index (χ1v) is 6.80. The second-order valence-corrected chi connectivity index (χ2v) is 4.84. The molecule has 0 aromatic carbocycles. The van der Waals surface area contributed by atoms with Gasteiger partial charge in [-0.2, -0.15) is 0 Å². The molecule has 0 unspecified atom stereocenters. The molecule has 0 bridgehead atoms. The van der Waals surface area contributed by atoms with Crippen LogP contribution in [0.15, 0.2) is 21.3 Å². The van der Waals surface area contributed by atoms with Crippen LogP contribution >= 0.6 is 12.2 Å². The molecule has 2 aromatic heterocycles. The highest BCUT2D eigenvalue weighted by Gasteiger charge is 2.12. The summed E-state index contributed by atoms with van der Waals surface area (Å²) in [7, 11) is 0. The third-order valence-electron chi connectivity index (χ3n) is 3.05. The maximum absolute atomic E-state index is 12.4. The predicted molar refractivity (Wildman–Crippen MR) is 75.6 cm³/mol. The van der Waals surface area contributed by atoms with E-state index < -0.39 is 0 Å². The van der Waals surface area contributed by atoms with Crippen LogP contribution in [0, 0.1) is 11.8 Å². The zero-order chi connectivity index (χ0) is 13.8. The number of H-pyrrole nitrogens is 1. The zero-order valence-electron chi connectivity index (χ0n) is 11.1. The van der Waals surface area contributed by atoms with Crippen molar-refractivity contribution in [2.75, 3.05) is 0 Å². The minimum Gasteiger partial charge on any atom is -0.409 e. The van der Waals surface area contributed by atoms with Gasteiger partial charge in [-0.05, 0) is 37.7 Å². The molecule has 0 fully saturated rings. The Labute approximate surface area is 116 Å². The highest BCUT2D eigenvalue weighted by Crippen LogP contribution is 2.13. The molecule has 2 heterocycles. The second kappa shape index (κ2) is 5.97. The molecular weight excluding hydrogens is 262 g/mol. The quantitative estimate of drug-likeness (QED) is 0.675. The normalized spacial score (nSPS) is 10.8. The molecule has 2 aromatic rings. The number of rotatable bonds is 5. The maximum atomic E-state index is 12.4. The van der Waals surface area contributed by atoms with Crippen LogP contribution in [0.3, 0.4) is 0 Å². The number of aromatic nitrogens is 3. The van der Waals surface area contributed by atoms with Crippen molar-refractivity contribution in [3.05, 3.63) is 33.0 Å². The summed E-state index contributed by atoms with van der Waals surface area (Å²) in [5.74, 6) is 0.249. The van der Waals surface area contributed by atoms with Crippen molar-refractivity contribution < 1.29 is 4.42 Å². The van der Waals surface area contributed by atoms with Gasteiger partial charge in [0.25, 0.3) is 16.3 Å². The van der Waals surface area contributed by atoms with Gasteiger partial charge in [-0.25, -0.2) is 5.10 Å². The van der Waals surface area contributed by atoms with E-state index in [0.717, 1.165) is 31.5 Å². The van der Waals surface area contributed by atoms with E-state index in [0.29, 0.717) is 5.56 Å². The van der Waals surface area contributed by atoms with E-state index in [-0.39, 0.29) is 16.3 Å². The van der Waals surface area contributed by atoms with Gasteiger partial charge in [0.1, 0.15) is 5.56 Å². The molecule has 0 radical (unpaired) electrons. The fourth-order valence-corrected chi connectivity index (χ4v) is 2.10. The summed E-state index contributed by atoms with van der Waals surface area (Å²) in [6, 6.07) is 3.62. The number of hydrogen-bond donors (Lipinski definition) is 1. The number of aryl methyl sites for hydroxylation is 1. The summed E-state index contributed by atoms with van der Waals surface area (Å²) in [6.45, 7) is 4.79. The summed E-state index contributed by atoms with van der Waals surface area (Å²) < 4.78 is 6.97. The molecule has 2 rings (SSSR count). The van der Waals surface area contributed by atoms with Crippen LogP contribution in [0.25, 0.3) is 11.5 Å². The summed E-state index contributed by atoms with van der Waals surface area (Å²) in [5, 5.41) is 6.44. The van der Waals surface area contributed by atoms with Crippen LogP contribution in [0.5, 0.6) is 0 Å². The van der Waals surface area contributed by atoms with Crippen LogP contribution in [0.4, 0.5) is 0 Å². The van der Waals surface area contributed by atoms with Crippen molar-refractivity contribution >= 4 is 12.2 Å².